The van der Waals surface area contributed by atoms with E-state index in [9.17, 15) is 4.79 Å². The molecule has 3 heteroatoms. The highest BCUT2D eigenvalue weighted by Crippen LogP contribution is 2.15. The maximum atomic E-state index is 12.0. The fraction of sp³-hybridized carbons (Fsp3) is 0.267. The van der Waals surface area contributed by atoms with E-state index in [4.69, 9.17) is 4.42 Å². The number of hydrogen-bond donors (Lipinski definition) is 1. The van der Waals surface area contributed by atoms with Crippen molar-refractivity contribution in [3.63, 3.8) is 0 Å². The Labute approximate surface area is 107 Å². The number of aryl methyl sites for hydroxylation is 2. The summed E-state index contributed by atoms with van der Waals surface area (Å²) in [5.41, 5.74) is 3.14. The zero-order valence-corrected chi connectivity index (χ0v) is 10.9. The summed E-state index contributed by atoms with van der Waals surface area (Å²) in [6.45, 7) is 5.86. The highest BCUT2D eigenvalue weighted by Gasteiger charge is 2.15. The molecule has 0 radical (unpaired) electrons. The summed E-state index contributed by atoms with van der Waals surface area (Å²) in [6.07, 6.45) is 1.53. The van der Waals surface area contributed by atoms with E-state index in [0.717, 1.165) is 11.1 Å². The molecular formula is C15H17NO2. The quantitative estimate of drug-likeness (QED) is 0.897. The summed E-state index contributed by atoms with van der Waals surface area (Å²) in [5, 5.41) is 2.93. The van der Waals surface area contributed by atoms with Crippen LogP contribution >= 0.6 is 0 Å². The van der Waals surface area contributed by atoms with E-state index in [1.54, 1.807) is 6.07 Å². The van der Waals surface area contributed by atoms with Gasteiger partial charge in [-0.05, 0) is 32.4 Å². The molecule has 2 rings (SSSR count). The third-order valence-electron chi connectivity index (χ3n) is 2.99. The smallest absolute Gasteiger partial charge is 0.287 e. The van der Waals surface area contributed by atoms with Gasteiger partial charge in [0.1, 0.15) is 0 Å². The first-order valence-electron chi connectivity index (χ1n) is 5.99. The lowest BCUT2D eigenvalue weighted by molar-refractivity contribution is 0.0911. The van der Waals surface area contributed by atoms with Gasteiger partial charge in [-0.15, -0.1) is 0 Å². The minimum absolute atomic E-state index is 0.0393. The number of amides is 1. The van der Waals surface area contributed by atoms with Gasteiger partial charge in [-0.3, -0.25) is 4.79 Å². The van der Waals surface area contributed by atoms with Crippen LogP contribution in [-0.4, -0.2) is 5.91 Å². The molecule has 18 heavy (non-hydrogen) atoms. The highest BCUT2D eigenvalue weighted by molar-refractivity contribution is 5.93. The lowest BCUT2D eigenvalue weighted by Gasteiger charge is -2.13. The molecule has 1 N–H and O–H groups in total. The second-order valence-corrected chi connectivity index (χ2v) is 4.54. The molecule has 1 heterocycles. The standard InChI is InChI=1S/C15H17NO2/c1-10-4-6-13(7-5-10)12(3)16-15(17)14-11(2)8-9-18-14/h4-9,12H,1-3H3,(H,16,17). The van der Waals surface area contributed by atoms with Crippen molar-refractivity contribution in [2.24, 2.45) is 0 Å². The van der Waals surface area contributed by atoms with Gasteiger partial charge in [0.25, 0.3) is 5.91 Å². The van der Waals surface area contributed by atoms with Crippen LogP contribution in [0.25, 0.3) is 0 Å². The molecule has 0 aliphatic carbocycles. The summed E-state index contributed by atoms with van der Waals surface area (Å²) in [4.78, 5) is 12.0. The van der Waals surface area contributed by atoms with Crippen LogP contribution < -0.4 is 5.32 Å². The van der Waals surface area contributed by atoms with Gasteiger partial charge < -0.3 is 9.73 Å². The predicted molar refractivity (Wildman–Crippen MR) is 70.5 cm³/mol. The van der Waals surface area contributed by atoms with Crippen LogP contribution in [0.5, 0.6) is 0 Å². The summed E-state index contributed by atoms with van der Waals surface area (Å²) in [5.74, 6) is 0.208. The molecule has 1 aromatic heterocycles. The van der Waals surface area contributed by atoms with Crippen LogP contribution in [0.1, 0.15) is 40.2 Å². The normalized spacial score (nSPS) is 12.2. The second kappa shape index (κ2) is 5.08. The lowest BCUT2D eigenvalue weighted by atomic mass is 10.1. The monoisotopic (exact) mass is 243 g/mol. The number of furan rings is 1. The summed E-state index contributed by atoms with van der Waals surface area (Å²) in [6, 6.07) is 9.87. The molecular weight excluding hydrogens is 226 g/mol. The Kier molecular flexibility index (Phi) is 3.51. The molecule has 0 bridgehead atoms. The Bertz CT molecular complexity index is 540. The van der Waals surface area contributed by atoms with E-state index in [0.29, 0.717) is 5.76 Å². The molecule has 1 aromatic carbocycles. The van der Waals surface area contributed by atoms with Gasteiger partial charge >= 0.3 is 0 Å². The topological polar surface area (TPSA) is 42.2 Å². The number of nitrogens with one attached hydrogen (secondary N) is 1. The summed E-state index contributed by atoms with van der Waals surface area (Å²) in [7, 11) is 0. The largest absolute Gasteiger partial charge is 0.459 e. The zero-order valence-electron chi connectivity index (χ0n) is 10.9. The fourth-order valence-electron chi connectivity index (χ4n) is 1.81. The molecule has 0 aliphatic heterocycles. The fourth-order valence-corrected chi connectivity index (χ4v) is 1.81. The van der Waals surface area contributed by atoms with Gasteiger partial charge in [-0.25, -0.2) is 0 Å². The molecule has 0 aliphatic rings. The van der Waals surface area contributed by atoms with Crippen LogP contribution in [0, 0.1) is 13.8 Å². The van der Waals surface area contributed by atoms with Gasteiger partial charge in [0.05, 0.1) is 12.3 Å². The van der Waals surface area contributed by atoms with Gasteiger partial charge in [0.2, 0.25) is 0 Å². The van der Waals surface area contributed by atoms with Crippen LogP contribution in [0.3, 0.4) is 0 Å². The van der Waals surface area contributed by atoms with Gasteiger partial charge in [0, 0.05) is 5.56 Å². The molecule has 1 amide bonds. The van der Waals surface area contributed by atoms with Crippen molar-refractivity contribution in [3.05, 3.63) is 59.0 Å². The number of rotatable bonds is 3. The minimum atomic E-state index is -0.175. The first kappa shape index (κ1) is 12.4. The molecule has 0 saturated carbocycles. The Hall–Kier alpha value is -2.03. The number of hydrogen-bond acceptors (Lipinski definition) is 2. The molecule has 2 aromatic rings. The highest BCUT2D eigenvalue weighted by atomic mass is 16.3. The first-order valence-corrected chi connectivity index (χ1v) is 5.99. The van der Waals surface area contributed by atoms with Crippen molar-refractivity contribution in [2.75, 3.05) is 0 Å². The van der Waals surface area contributed by atoms with Crippen molar-refractivity contribution in [3.8, 4) is 0 Å². The maximum Gasteiger partial charge on any atom is 0.287 e. The number of carbonyl (C=O) groups is 1. The van der Waals surface area contributed by atoms with E-state index < -0.39 is 0 Å². The van der Waals surface area contributed by atoms with E-state index in [1.807, 2.05) is 45.0 Å². The molecule has 3 nitrogen and oxygen atoms in total. The Balaban J connectivity index is 2.08. The average Bonchev–Trinajstić information content (AvgIpc) is 2.76. The zero-order chi connectivity index (χ0) is 13.1. The lowest BCUT2D eigenvalue weighted by Crippen LogP contribution is -2.26. The number of benzene rings is 1. The van der Waals surface area contributed by atoms with Crippen LogP contribution in [0.2, 0.25) is 0 Å². The van der Waals surface area contributed by atoms with E-state index in [2.05, 4.69) is 5.32 Å². The molecule has 94 valence electrons. The van der Waals surface area contributed by atoms with Crippen molar-refractivity contribution in [1.82, 2.24) is 5.32 Å². The third kappa shape index (κ3) is 2.62. The SMILES string of the molecule is Cc1ccc(C(C)NC(=O)c2occc2C)cc1. The first-order chi connectivity index (χ1) is 8.58. The van der Waals surface area contributed by atoms with Crippen LogP contribution in [-0.2, 0) is 0 Å². The maximum absolute atomic E-state index is 12.0. The third-order valence-corrected chi connectivity index (χ3v) is 2.99. The Morgan fingerprint density at radius 3 is 2.39 bits per heavy atom. The van der Waals surface area contributed by atoms with Gasteiger partial charge in [-0.2, -0.15) is 0 Å². The van der Waals surface area contributed by atoms with Crippen LogP contribution in [0.15, 0.2) is 41.0 Å². The summed E-state index contributed by atoms with van der Waals surface area (Å²) < 4.78 is 5.17. The van der Waals surface area contributed by atoms with Gasteiger partial charge in [0.15, 0.2) is 5.76 Å². The van der Waals surface area contributed by atoms with Crippen molar-refractivity contribution < 1.29 is 9.21 Å². The van der Waals surface area contributed by atoms with Crippen molar-refractivity contribution in [1.29, 1.82) is 0 Å². The summed E-state index contributed by atoms with van der Waals surface area (Å²) >= 11 is 0. The van der Waals surface area contributed by atoms with Gasteiger partial charge in [-0.1, -0.05) is 29.8 Å². The van der Waals surface area contributed by atoms with Crippen LogP contribution in [0.4, 0.5) is 0 Å². The Morgan fingerprint density at radius 2 is 1.83 bits per heavy atom. The van der Waals surface area contributed by atoms with Crippen molar-refractivity contribution >= 4 is 5.91 Å². The molecule has 0 saturated heterocycles. The molecule has 0 fully saturated rings. The Morgan fingerprint density at radius 1 is 1.17 bits per heavy atom. The predicted octanol–water partition coefficient (Wildman–Crippen LogP) is 3.39. The average molecular weight is 243 g/mol. The van der Waals surface area contributed by atoms with E-state index >= 15 is 0 Å². The molecule has 0 spiro atoms. The van der Waals surface area contributed by atoms with Crippen molar-refractivity contribution in [2.45, 2.75) is 26.8 Å². The molecule has 1 unspecified atom stereocenters. The minimum Gasteiger partial charge on any atom is -0.459 e. The second-order valence-electron chi connectivity index (χ2n) is 4.54. The molecule has 1 atom stereocenters. The van der Waals surface area contributed by atoms with E-state index in [1.165, 1.54) is 11.8 Å². The number of carbonyl (C=O) groups excluding carboxylic acids is 1. The van der Waals surface area contributed by atoms with E-state index in [-0.39, 0.29) is 11.9 Å².